The van der Waals surface area contributed by atoms with Crippen molar-refractivity contribution in [1.82, 2.24) is 10.6 Å². The summed E-state index contributed by atoms with van der Waals surface area (Å²) in [5.74, 6) is 2.52. The summed E-state index contributed by atoms with van der Waals surface area (Å²) < 4.78 is 0. The van der Waals surface area contributed by atoms with Gasteiger partial charge in [0.15, 0.2) is 0 Å². The van der Waals surface area contributed by atoms with Crippen LogP contribution in [0.1, 0.15) is 32.3 Å². The number of halogens is 1. The van der Waals surface area contributed by atoms with Crippen molar-refractivity contribution >= 4 is 41.7 Å². The Hall–Kier alpha value is -1.24. The topological polar surface area (TPSA) is 70.2 Å². The number of anilines is 1. The number of benzene rings is 1. The zero-order chi connectivity index (χ0) is 17.4. The molecular weight excluding hydrogens is 358 g/mol. The molecule has 25 heavy (non-hydrogen) atoms. The largest absolute Gasteiger partial charge is 0.352 e. The molecule has 0 bridgehead atoms. The summed E-state index contributed by atoms with van der Waals surface area (Å²) in [5, 5.41) is 9.23. The molecule has 1 aliphatic rings. The molecule has 0 spiro atoms. The first kappa shape index (κ1) is 21.8. The van der Waals surface area contributed by atoms with Crippen molar-refractivity contribution in [3.05, 3.63) is 29.8 Å². The van der Waals surface area contributed by atoms with Crippen LogP contribution in [0.2, 0.25) is 0 Å². The molecule has 2 amide bonds. The van der Waals surface area contributed by atoms with Gasteiger partial charge in [0.25, 0.3) is 0 Å². The molecule has 0 aliphatic carbocycles. The molecular formula is C18H28ClN3O2S. The van der Waals surface area contributed by atoms with Crippen molar-refractivity contribution in [2.24, 2.45) is 5.92 Å². The molecule has 1 heterocycles. The van der Waals surface area contributed by atoms with E-state index < -0.39 is 0 Å². The summed E-state index contributed by atoms with van der Waals surface area (Å²) in [5.41, 5.74) is 1.76. The van der Waals surface area contributed by atoms with E-state index >= 15 is 0 Å². The smallest absolute Gasteiger partial charge is 0.224 e. The van der Waals surface area contributed by atoms with E-state index in [-0.39, 0.29) is 30.3 Å². The van der Waals surface area contributed by atoms with Gasteiger partial charge in [0, 0.05) is 49.2 Å². The lowest BCUT2D eigenvalue weighted by molar-refractivity contribution is -0.121. The second kappa shape index (κ2) is 11.4. The first-order valence-corrected chi connectivity index (χ1v) is 9.65. The minimum Gasteiger partial charge on any atom is -0.352 e. The van der Waals surface area contributed by atoms with Gasteiger partial charge in [-0.15, -0.1) is 12.4 Å². The maximum Gasteiger partial charge on any atom is 0.224 e. The van der Waals surface area contributed by atoms with Crippen LogP contribution in [0, 0.1) is 5.92 Å². The lowest BCUT2D eigenvalue weighted by Crippen LogP contribution is -2.41. The van der Waals surface area contributed by atoms with E-state index in [9.17, 15) is 9.59 Å². The van der Waals surface area contributed by atoms with Crippen LogP contribution in [0.5, 0.6) is 0 Å². The Kier molecular flexibility index (Phi) is 9.93. The molecule has 0 radical (unpaired) electrons. The SMILES string of the molecule is CC(C)CC(=O)Nc1cccc(CNC(=O)CC2CSCCN2)c1.Cl. The second-order valence-electron chi connectivity index (χ2n) is 6.55. The third kappa shape index (κ3) is 8.61. The molecule has 1 aromatic rings. The Labute approximate surface area is 160 Å². The lowest BCUT2D eigenvalue weighted by atomic mass is 10.1. The molecule has 0 aromatic heterocycles. The Morgan fingerprint density at radius 1 is 1.32 bits per heavy atom. The van der Waals surface area contributed by atoms with E-state index in [0.717, 1.165) is 29.3 Å². The minimum atomic E-state index is 0. The number of hydrogen-bond acceptors (Lipinski definition) is 4. The fourth-order valence-electron chi connectivity index (χ4n) is 2.59. The number of hydrogen-bond donors (Lipinski definition) is 3. The van der Waals surface area contributed by atoms with Crippen molar-refractivity contribution in [2.45, 2.75) is 39.3 Å². The predicted octanol–water partition coefficient (Wildman–Crippen LogP) is 2.80. The summed E-state index contributed by atoms with van der Waals surface area (Å²) >= 11 is 1.89. The summed E-state index contributed by atoms with van der Waals surface area (Å²) in [6, 6.07) is 7.89. The molecule has 140 valence electrons. The highest BCUT2D eigenvalue weighted by atomic mass is 35.5. The van der Waals surface area contributed by atoms with Crippen molar-refractivity contribution in [1.29, 1.82) is 0 Å². The molecule has 1 aliphatic heterocycles. The van der Waals surface area contributed by atoms with Crippen LogP contribution in [0.3, 0.4) is 0 Å². The van der Waals surface area contributed by atoms with Gasteiger partial charge >= 0.3 is 0 Å². The van der Waals surface area contributed by atoms with E-state index in [1.54, 1.807) is 0 Å². The highest BCUT2D eigenvalue weighted by Crippen LogP contribution is 2.13. The summed E-state index contributed by atoms with van der Waals surface area (Å²) in [7, 11) is 0. The van der Waals surface area contributed by atoms with E-state index in [2.05, 4.69) is 16.0 Å². The van der Waals surface area contributed by atoms with E-state index in [0.29, 0.717) is 25.3 Å². The Morgan fingerprint density at radius 2 is 2.12 bits per heavy atom. The zero-order valence-corrected chi connectivity index (χ0v) is 16.5. The third-order valence-corrected chi connectivity index (χ3v) is 4.86. The lowest BCUT2D eigenvalue weighted by Gasteiger charge is -2.22. The van der Waals surface area contributed by atoms with E-state index in [4.69, 9.17) is 0 Å². The van der Waals surface area contributed by atoms with Crippen LogP contribution in [0.15, 0.2) is 24.3 Å². The maximum atomic E-state index is 12.0. The standard InChI is InChI=1S/C18H27N3O2S.ClH/c1-13(2)8-18(23)21-15-5-3-4-14(9-15)11-20-17(22)10-16-12-24-7-6-19-16;/h3-5,9,13,16,19H,6-8,10-12H2,1-2H3,(H,20,22)(H,21,23);1H. The van der Waals surface area contributed by atoms with Crippen LogP contribution in [0.25, 0.3) is 0 Å². The number of carbonyl (C=O) groups excluding carboxylic acids is 2. The van der Waals surface area contributed by atoms with Crippen LogP contribution in [-0.4, -0.2) is 35.9 Å². The van der Waals surface area contributed by atoms with Crippen LogP contribution in [0.4, 0.5) is 5.69 Å². The molecule has 1 atom stereocenters. The fourth-order valence-corrected chi connectivity index (χ4v) is 3.54. The van der Waals surface area contributed by atoms with Gasteiger partial charge in [-0.2, -0.15) is 11.8 Å². The van der Waals surface area contributed by atoms with Gasteiger partial charge in [-0.3, -0.25) is 9.59 Å². The van der Waals surface area contributed by atoms with Crippen LogP contribution < -0.4 is 16.0 Å². The van der Waals surface area contributed by atoms with Gasteiger partial charge in [0.1, 0.15) is 0 Å². The Morgan fingerprint density at radius 3 is 2.80 bits per heavy atom. The van der Waals surface area contributed by atoms with Crippen molar-refractivity contribution in [2.75, 3.05) is 23.4 Å². The average Bonchev–Trinajstić information content (AvgIpc) is 2.53. The van der Waals surface area contributed by atoms with Crippen molar-refractivity contribution < 1.29 is 9.59 Å². The Bertz CT molecular complexity index is 563. The number of thioether (sulfide) groups is 1. The molecule has 0 saturated carbocycles. The molecule has 1 unspecified atom stereocenters. The highest BCUT2D eigenvalue weighted by molar-refractivity contribution is 7.99. The fraction of sp³-hybridized carbons (Fsp3) is 0.556. The van der Waals surface area contributed by atoms with Gasteiger partial charge in [-0.25, -0.2) is 0 Å². The molecule has 7 heteroatoms. The quantitative estimate of drug-likeness (QED) is 0.675. The van der Waals surface area contributed by atoms with E-state index in [1.165, 1.54) is 0 Å². The van der Waals surface area contributed by atoms with Gasteiger partial charge < -0.3 is 16.0 Å². The van der Waals surface area contributed by atoms with E-state index in [1.807, 2.05) is 49.9 Å². The first-order valence-electron chi connectivity index (χ1n) is 8.49. The molecule has 5 nitrogen and oxygen atoms in total. The normalized spacial score (nSPS) is 16.8. The molecule has 1 fully saturated rings. The number of carbonyl (C=O) groups is 2. The average molecular weight is 386 g/mol. The van der Waals surface area contributed by atoms with Gasteiger partial charge in [-0.05, 0) is 23.6 Å². The maximum absolute atomic E-state index is 12.0. The summed E-state index contributed by atoms with van der Waals surface area (Å²) in [6.45, 7) is 5.49. The molecule has 1 aromatic carbocycles. The van der Waals surface area contributed by atoms with Gasteiger partial charge in [-0.1, -0.05) is 26.0 Å². The van der Waals surface area contributed by atoms with Crippen LogP contribution >= 0.6 is 24.2 Å². The van der Waals surface area contributed by atoms with Crippen molar-refractivity contribution in [3.63, 3.8) is 0 Å². The third-order valence-electron chi connectivity index (χ3n) is 3.72. The minimum absolute atomic E-state index is 0. The summed E-state index contributed by atoms with van der Waals surface area (Å²) in [6.07, 6.45) is 1.02. The zero-order valence-electron chi connectivity index (χ0n) is 14.8. The Balaban J connectivity index is 0.00000312. The second-order valence-corrected chi connectivity index (χ2v) is 7.70. The van der Waals surface area contributed by atoms with Crippen molar-refractivity contribution in [3.8, 4) is 0 Å². The highest BCUT2D eigenvalue weighted by Gasteiger charge is 2.16. The monoisotopic (exact) mass is 385 g/mol. The molecule has 3 N–H and O–H groups in total. The number of nitrogens with one attached hydrogen (secondary N) is 3. The van der Waals surface area contributed by atoms with Crippen LogP contribution in [-0.2, 0) is 16.1 Å². The first-order chi connectivity index (χ1) is 11.5. The van der Waals surface area contributed by atoms with Gasteiger partial charge in [0.2, 0.25) is 11.8 Å². The van der Waals surface area contributed by atoms with Gasteiger partial charge in [0.05, 0.1) is 0 Å². The number of rotatable bonds is 7. The summed E-state index contributed by atoms with van der Waals surface area (Å²) in [4.78, 5) is 23.9. The molecule has 2 rings (SSSR count). The molecule has 1 saturated heterocycles. The number of amides is 2. The predicted molar refractivity (Wildman–Crippen MR) is 107 cm³/mol.